The highest BCUT2D eigenvalue weighted by atomic mass is 19.1. The van der Waals surface area contributed by atoms with Gasteiger partial charge in [-0.25, -0.2) is 4.39 Å². The number of nitrogens with two attached hydrogens (primary N) is 1. The Morgan fingerprint density at radius 1 is 1.55 bits per heavy atom. The van der Waals surface area contributed by atoms with Gasteiger partial charge in [0, 0.05) is 30.8 Å². The summed E-state index contributed by atoms with van der Waals surface area (Å²) in [5.74, 6) is 0.169. The number of hydrogen-bond donors (Lipinski definition) is 1. The summed E-state index contributed by atoms with van der Waals surface area (Å²) in [6, 6.07) is 3.82. The van der Waals surface area contributed by atoms with Crippen molar-refractivity contribution in [2.75, 3.05) is 13.1 Å². The van der Waals surface area contributed by atoms with E-state index in [4.69, 9.17) is 5.73 Å². The fraction of sp³-hybridized carbons (Fsp3) is 0.571. The second-order valence-electron chi connectivity index (χ2n) is 5.52. The van der Waals surface area contributed by atoms with Crippen molar-refractivity contribution in [1.82, 2.24) is 4.90 Å². The van der Waals surface area contributed by atoms with E-state index in [-0.39, 0.29) is 11.7 Å². The van der Waals surface area contributed by atoms with E-state index in [0.717, 1.165) is 25.5 Å². The molecule has 1 fully saturated rings. The van der Waals surface area contributed by atoms with Crippen LogP contribution in [0.5, 0.6) is 0 Å². The molecule has 20 heavy (non-hydrogen) atoms. The van der Waals surface area contributed by atoms with E-state index in [0.29, 0.717) is 24.6 Å². The average molecular weight is 281 g/mol. The molecule has 0 spiro atoms. The number of nitro groups is 1. The van der Waals surface area contributed by atoms with Gasteiger partial charge >= 0.3 is 0 Å². The van der Waals surface area contributed by atoms with Crippen LogP contribution in [0.2, 0.25) is 0 Å². The molecule has 5 nitrogen and oxygen atoms in total. The lowest BCUT2D eigenvalue weighted by Crippen LogP contribution is -2.45. The topological polar surface area (TPSA) is 72.4 Å². The first kappa shape index (κ1) is 14.9. The molecule has 2 atom stereocenters. The van der Waals surface area contributed by atoms with Gasteiger partial charge in [-0.05, 0) is 37.4 Å². The van der Waals surface area contributed by atoms with Crippen molar-refractivity contribution < 1.29 is 9.31 Å². The van der Waals surface area contributed by atoms with Crippen LogP contribution in [0, 0.1) is 21.8 Å². The molecule has 1 aliphatic heterocycles. The molecule has 0 saturated carbocycles. The average Bonchev–Trinajstić information content (AvgIpc) is 2.40. The van der Waals surface area contributed by atoms with E-state index in [1.54, 1.807) is 0 Å². The molecule has 1 aromatic carbocycles. The SMILES string of the molecule is CC1CCN(Cc2cc(F)ccc2[N+](=O)[O-])C(CN)C1. The number of benzene rings is 1. The van der Waals surface area contributed by atoms with E-state index in [2.05, 4.69) is 11.8 Å². The van der Waals surface area contributed by atoms with Gasteiger partial charge in [-0.2, -0.15) is 0 Å². The second kappa shape index (κ2) is 6.28. The third kappa shape index (κ3) is 3.32. The summed E-state index contributed by atoms with van der Waals surface area (Å²) in [6.07, 6.45) is 2.03. The van der Waals surface area contributed by atoms with Crippen LogP contribution in [0.1, 0.15) is 25.3 Å². The van der Waals surface area contributed by atoms with Crippen LogP contribution < -0.4 is 5.73 Å². The number of likely N-dealkylation sites (tertiary alicyclic amines) is 1. The highest BCUT2D eigenvalue weighted by Crippen LogP contribution is 2.27. The lowest BCUT2D eigenvalue weighted by Gasteiger charge is -2.37. The fourth-order valence-electron chi connectivity index (χ4n) is 2.83. The lowest BCUT2D eigenvalue weighted by atomic mass is 9.92. The highest BCUT2D eigenvalue weighted by molar-refractivity contribution is 5.40. The Morgan fingerprint density at radius 2 is 2.30 bits per heavy atom. The Bertz CT molecular complexity index is 495. The minimum absolute atomic E-state index is 0.0270. The number of hydrogen-bond acceptors (Lipinski definition) is 4. The number of nitrogens with zero attached hydrogens (tertiary/aromatic N) is 2. The molecule has 0 aromatic heterocycles. The molecule has 1 saturated heterocycles. The van der Waals surface area contributed by atoms with Gasteiger partial charge in [0.1, 0.15) is 5.82 Å². The third-order valence-corrected chi connectivity index (χ3v) is 3.98. The predicted molar refractivity (Wildman–Crippen MR) is 74.7 cm³/mol. The number of rotatable bonds is 4. The first-order valence-electron chi connectivity index (χ1n) is 6.88. The second-order valence-corrected chi connectivity index (χ2v) is 5.52. The van der Waals surface area contributed by atoms with Crippen LogP contribution in [-0.2, 0) is 6.54 Å². The molecule has 0 bridgehead atoms. The monoisotopic (exact) mass is 281 g/mol. The molecule has 2 N–H and O–H groups in total. The van der Waals surface area contributed by atoms with Crippen molar-refractivity contribution in [3.8, 4) is 0 Å². The summed E-state index contributed by atoms with van der Waals surface area (Å²) in [5, 5.41) is 11.0. The quantitative estimate of drug-likeness (QED) is 0.679. The maximum Gasteiger partial charge on any atom is 0.274 e. The van der Waals surface area contributed by atoms with Crippen LogP contribution in [0.4, 0.5) is 10.1 Å². The lowest BCUT2D eigenvalue weighted by molar-refractivity contribution is -0.385. The zero-order chi connectivity index (χ0) is 14.7. The van der Waals surface area contributed by atoms with Crippen LogP contribution in [0.25, 0.3) is 0 Å². The first-order valence-corrected chi connectivity index (χ1v) is 6.88. The number of nitro benzene ring substituents is 1. The zero-order valence-electron chi connectivity index (χ0n) is 11.6. The molecule has 2 unspecified atom stereocenters. The van der Waals surface area contributed by atoms with E-state index in [9.17, 15) is 14.5 Å². The summed E-state index contributed by atoms with van der Waals surface area (Å²) in [5.41, 5.74) is 6.18. The maximum atomic E-state index is 13.3. The molecule has 0 amide bonds. The standard InChI is InChI=1S/C14H20FN3O2/c1-10-4-5-17(13(6-10)8-16)9-11-7-12(15)2-3-14(11)18(19)20/h2-3,7,10,13H,4-6,8-9,16H2,1H3. The number of piperidine rings is 1. The highest BCUT2D eigenvalue weighted by Gasteiger charge is 2.27. The largest absolute Gasteiger partial charge is 0.329 e. The van der Waals surface area contributed by atoms with Gasteiger partial charge in [0.15, 0.2) is 0 Å². The van der Waals surface area contributed by atoms with E-state index >= 15 is 0 Å². The third-order valence-electron chi connectivity index (χ3n) is 3.98. The van der Waals surface area contributed by atoms with Gasteiger partial charge in [0.25, 0.3) is 5.69 Å². The Morgan fingerprint density at radius 3 is 2.95 bits per heavy atom. The molecule has 110 valence electrons. The van der Waals surface area contributed by atoms with Crippen LogP contribution in [0.15, 0.2) is 18.2 Å². The number of halogens is 1. The van der Waals surface area contributed by atoms with Gasteiger partial charge in [-0.3, -0.25) is 15.0 Å². The van der Waals surface area contributed by atoms with Crippen molar-refractivity contribution in [1.29, 1.82) is 0 Å². The fourth-order valence-corrected chi connectivity index (χ4v) is 2.83. The van der Waals surface area contributed by atoms with Crippen molar-refractivity contribution in [2.45, 2.75) is 32.4 Å². The Labute approximate surface area is 117 Å². The van der Waals surface area contributed by atoms with E-state index in [1.807, 2.05) is 0 Å². The molecule has 0 aliphatic carbocycles. The van der Waals surface area contributed by atoms with Crippen LogP contribution >= 0.6 is 0 Å². The minimum atomic E-state index is -0.460. The summed E-state index contributed by atoms with van der Waals surface area (Å²) < 4.78 is 13.3. The molecule has 1 aromatic rings. The van der Waals surface area contributed by atoms with Crippen molar-refractivity contribution in [2.24, 2.45) is 11.7 Å². The van der Waals surface area contributed by atoms with Gasteiger partial charge in [0.2, 0.25) is 0 Å². The summed E-state index contributed by atoms with van der Waals surface area (Å²) in [6.45, 7) is 3.93. The Kier molecular flexibility index (Phi) is 4.67. The summed E-state index contributed by atoms with van der Waals surface area (Å²) in [4.78, 5) is 12.7. The zero-order valence-corrected chi connectivity index (χ0v) is 11.6. The van der Waals surface area contributed by atoms with Gasteiger partial charge in [-0.15, -0.1) is 0 Å². The summed E-state index contributed by atoms with van der Waals surface area (Å²) in [7, 11) is 0. The molecule has 0 radical (unpaired) electrons. The molecule has 1 heterocycles. The van der Waals surface area contributed by atoms with E-state index in [1.165, 1.54) is 12.1 Å². The van der Waals surface area contributed by atoms with Gasteiger partial charge in [0.05, 0.1) is 4.92 Å². The Balaban J connectivity index is 2.20. The van der Waals surface area contributed by atoms with Gasteiger partial charge < -0.3 is 5.73 Å². The Hall–Kier alpha value is -1.53. The van der Waals surface area contributed by atoms with Crippen molar-refractivity contribution >= 4 is 5.69 Å². The minimum Gasteiger partial charge on any atom is -0.329 e. The summed E-state index contributed by atoms with van der Waals surface area (Å²) >= 11 is 0. The molecule has 6 heteroatoms. The molecule has 1 aliphatic rings. The van der Waals surface area contributed by atoms with Gasteiger partial charge in [-0.1, -0.05) is 6.92 Å². The molecular weight excluding hydrogens is 261 g/mol. The maximum absolute atomic E-state index is 13.3. The molecule has 2 rings (SSSR count). The van der Waals surface area contributed by atoms with Crippen molar-refractivity contribution in [3.05, 3.63) is 39.7 Å². The predicted octanol–water partition coefficient (Wildman–Crippen LogP) is 2.29. The van der Waals surface area contributed by atoms with Crippen molar-refractivity contribution in [3.63, 3.8) is 0 Å². The van der Waals surface area contributed by atoms with E-state index < -0.39 is 10.7 Å². The smallest absolute Gasteiger partial charge is 0.274 e. The first-order chi connectivity index (χ1) is 9.51. The normalized spacial score (nSPS) is 23.8. The van der Waals surface area contributed by atoms with Crippen LogP contribution in [0.3, 0.4) is 0 Å². The van der Waals surface area contributed by atoms with Crippen LogP contribution in [-0.4, -0.2) is 29.0 Å². The molecular formula is C14H20FN3O2.